The number of hydrogen-bond donors (Lipinski definition) is 2. The van der Waals surface area contributed by atoms with E-state index in [1.54, 1.807) is 60.6 Å². The Balaban J connectivity index is 1.53. The molecule has 0 bridgehead atoms. The average molecular weight is 442 g/mol. The Kier molecular flexibility index (Phi) is 5.64. The van der Waals surface area contributed by atoms with Crippen molar-refractivity contribution in [1.82, 2.24) is 25.3 Å². The average Bonchev–Trinajstić information content (AvgIpc) is 3.41. The fourth-order valence-electron chi connectivity index (χ4n) is 2.87. The number of carbonyl (C=O) groups is 1. The minimum absolute atomic E-state index is 0.182. The molecule has 30 heavy (non-hydrogen) atoms. The summed E-state index contributed by atoms with van der Waals surface area (Å²) in [6.45, 7) is 0.216. The van der Waals surface area contributed by atoms with Crippen LogP contribution in [0.1, 0.15) is 15.4 Å². The lowest BCUT2D eigenvalue weighted by atomic mass is 10.1. The third-order valence-corrected chi connectivity index (χ3v) is 5.55. The number of rotatable bonds is 6. The van der Waals surface area contributed by atoms with Crippen molar-refractivity contribution in [3.8, 4) is 22.6 Å². The van der Waals surface area contributed by atoms with E-state index in [9.17, 15) is 9.59 Å². The first kappa shape index (κ1) is 19.9. The molecule has 0 atom stereocenters. The van der Waals surface area contributed by atoms with Crippen LogP contribution in [0.2, 0.25) is 4.34 Å². The van der Waals surface area contributed by atoms with Gasteiger partial charge in [-0.15, -0.1) is 16.4 Å². The SMILES string of the molecule is COc1cc(-c2ccc[nH]c2=O)ccc1-n1cc(CNC(=O)c2ccc(Cl)s2)nn1. The summed E-state index contributed by atoms with van der Waals surface area (Å²) in [5, 5.41) is 11.0. The van der Waals surface area contributed by atoms with Gasteiger partial charge >= 0.3 is 0 Å². The molecule has 4 rings (SSSR count). The zero-order valence-electron chi connectivity index (χ0n) is 15.8. The zero-order chi connectivity index (χ0) is 21.1. The Hall–Kier alpha value is -3.43. The summed E-state index contributed by atoms with van der Waals surface area (Å²) in [6, 6.07) is 12.2. The smallest absolute Gasteiger partial charge is 0.261 e. The van der Waals surface area contributed by atoms with E-state index in [4.69, 9.17) is 16.3 Å². The second-order valence-corrected chi connectivity index (χ2v) is 7.96. The number of carbonyl (C=O) groups excluding carboxylic acids is 1. The van der Waals surface area contributed by atoms with Crippen LogP contribution >= 0.6 is 22.9 Å². The molecule has 0 aliphatic rings. The van der Waals surface area contributed by atoms with Gasteiger partial charge in [0.05, 0.1) is 29.1 Å². The van der Waals surface area contributed by atoms with Crippen LogP contribution in [0.25, 0.3) is 16.8 Å². The van der Waals surface area contributed by atoms with Gasteiger partial charge < -0.3 is 15.0 Å². The number of H-pyrrole nitrogens is 1. The van der Waals surface area contributed by atoms with Gasteiger partial charge in [0.15, 0.2) is 0 Å². The number of halogens is 1. The van der Waals surface area contributed by atoms with E-state index in [0.29, 0.717) is 31.9 Å². The maximum atomic E-state index is 12.1. The predicted octanol–water partition coefficient (Wildman–Crippen LogP) is 3.28. The van der Waals surface area contributed by atoms with Crippen LogP contribution in [0.5, 0.6) is 5.75 Å². The fraction of sp³-hybridized carbons (Fsp3) is 0.100. The molecular formula is C20H16ClN5O3S. The first-order valence-electron chi connectivity index (χ1n) is 8.86. The molecule has 0 saturated heterocycles. The van der Waals surface area contributed by atoms with Crippen molar-refractivity contribution < 1.29 is 9.53 Å². The highest BCUT2D eigenvalue weighted by Gasteiger charge is 2.13. The highest BCUT2D eigenvalue weighted by atomic mass is 35.5. The molecule has 0 radical (unpaired) electrons. The third-order valence-electron chi connectivity index (χ3n) is 4.32. The number of thiophene rings is 1. The maximum Gasteiger partial charge on any atom is 0.261 e. The van der Waals surface area contributed by atoms with E-state index in [1.165, 1.54) is 11.3 Å². The van der Waals surface area contributed by atoms with Crippen molar-refractivity contribution in [1.29, 1.82) is 0 Å². The molecule has 8 nitrogen and oxygen atoms in total. The van der Waals surface area contributed by atoms with Crippen molar-refractivity contribution in [2.75, 3.05) is 7.11 Å². The van der Waals surface area contributed by atoms with Crippen molar-refractivity contribution in [2.24, 2.45) is 0 Å². The first-order chi connectivity index (χ1) is 14.5. The van der Waals surface area contributed by atoms with E-state index in [2.05, 4.69) is 20.6 Å². The number of aromatic nitrogens is 4. The molecule has 10 heteroatoms. The van der Waals surface area contributed by atoms with E-state index in [1.807, 2.05) is 6.07 Å². The third kappa shape index (κ3) is 4.12. The number of benzene rings is 1. The summed E-state index contributed by atoms with van der Waals surface area (Å²) in [6.07, 6.45) is 3.29. The Bertz CT molecular complexity index is 1260. The molecule has 1 amide bonds. The highest BCUT2D eigenvalue weighted by molar-refractivity contribution is 7.17. The molecule has 2 N–H and O–H groups in total. The normalized spacial score (nSPS) is 10.7. The first-order valence-corrected chi connectivity index (χ1v) is 10.1. The van der Waals surface area contributed by atoms with Crippen LogP contribution < -0.4 is 15.6 Å². The zero-order valence-corrected chi connectivity index (χ0v) is 17.3. The Morgan fingerprint density at radius 2 is 2.17 bits per heavy atom. The van der Waals surface area contributed by atoms with E-state index in [-0.39, 0.29) is 18.0 Å². The number of nitrogens with one attached hydrogen (secondary N) is 2. The molecule has 0 aliphatic carbocycles. The molecule has 0 fully saturated rings. The summed E-state index contributed by atoms with van der Waals surface area (Å²) in [5.41, 5.74) is 2.32. The number of amides is 1. The quantitative estimate of drug-likeness (QED) is 0.478. The molecule has 0 aliphatic heterocycles. The fourth-order valence-corrected chi connectivity index (χ4v) is 3.83. The van der Waals surface area contributed by atoms with Crippen LogP contribution in [0, 0.1) is 0 Å². The highest BCUT2D eigenvalue weighted by Crippen LogP contribution is 2.28. The van der Waals surface area contributed by atoms with Crippen LogP contribution in [0.4, 0.5) is 0 Å². The lowest BCUT2D eigenvalue weighted by Crippen LogP contribution is -2.21. The van der Waals surface area contributed by atoms with Crippen molar-refractivity contribution in [3.05, 3.63) is 80.1 Å². The maximum absolute atomic E-state index is 12.1. The monoisotopic (exact) mass is 441 g/mol. The van der Waals surface area contributed by atoms with E-state index < -0.39 is 0 Å². The van der Waals surface area contributed by atoms with Gasteiger partial charge in [-0.3, -0.25) is 9.59 Å². The van der Waals surface area contributed by atoms with Gasteiger partial charge in [0.1, 0.15) is 17.1 Å². The number of pyridine rings is 1. The van der Waals surface area contributed by atoms with E-state index in [0.717, 1.165) is 5.56 Å². The summed E-state index contributed by atoms with van der Waals surface area (Å²) in [4.78, 5) is 27.4. The summed E-state index contributed by atoms with van der Waals surface area (Å²) in [7, 11) is 1.54. The predicted molar refractivity (Wildman–Crippen MR) is 114 cm³/mol. The molecule has 4 aromatic rings. The lowest BCUT2D eigenvalue weighted by Gasteiger charge is -2.10. The van der Waals surface area contributed by atoms with Crippen molar-refractivity contribution in [2.45, 2.75) is 6.54 Å². The Morgan fingerprint density at radius 1 is 1.30 bits per heavy atom. The van der Waals surface area contributed by atoms with Gasteiger partial charge in [-0.05, 0) is 42.0 Å². The summed E-state index contributed by atoms with van der Waals surface area (Å²) in [5.74, 6) is 0.306. The summed E-state index contributed by atoms with van der Waals surface area (Å²) < 4.78 is 7.60. The molecule has 0 spiro atoms. The van der Waals surface area contributed by atoms with Gasteiger partial charge in [0.2, 0.25) is 0 Å². The number of aromatic amines is 1. The second-order valence-electron chi connectivity index (χ2n) is 6.24. The molecule has 3 heterocycles. The topological polar surface area (TPSA) is 102 Å². The molecule has 3 aromatic heterocycles. The van der Waals surface area contributed by atoms with Crippen LogP contribution in [-0.2, 0) is 6.54 Å². The Morgan fingerprint density at radius 3 is 2.90 bits per heavy atom. The van der Waals surface area contributed by atoms with Crippen LogP contribution in [0.15, 0.2) is 59.7 Å². The van der Waals surface area contributed by atoms with Gasteiger partial charge in [-0.1, -0.05) is 22.9 Å². The molecule has 152 valence electrons. The standard InChI is InChI=1S/C20H16ClN5O3S/c1-29-16-9-12(14-3-2-8-22-19(14)27)4-5-15(16)26-11-13(24-25-26)10-23-20(28)17-6-7-18(21)30-17/h2-9,11H,10H2,1H3,(H,22,27)(H,23,28). The summed E-state index contributed by atoms with van der Waals surface area (Å²) >= 11 is 7.07. The number of hydrogen-bond acceptors (Lipinski definition) is 6. The van der Waals surface area contributed by atoms with E-state index >= 15 is 0 Å². The second kappa shape index (κ2) is 8.52. The van der Waals surface area contributed by atoms with Crippen LogP contribution in [-0.4, -0.2) is 33.0 Å². The molecule has 0 unspecified atom stereocenters. The molecular weight excluding hydrogens is 426 g/mol. The number of nitrogens with zero attached hydrogens (tertiary/aromatic N) is 3. The largest absolute Gasteiger partial charge is 0.494 e. The lowest BCUT2D eigenvalue weighted by molar-refractivity contribution is 0.0954. The van der Waals surface area contributed by atoms with Gasteiger partial charge in [0.25, 0.3) is 11.5 Å². The molecule has 1 aromatic carbocycles. The van der Waals surface area contributed by atoms with Crippen LogP contribution in [0.3, 0.4) is 0 Å². The minimum Gasteiger partial charge on any atom is -0.494 e. The molecule has 0 saturated carbocycles. The minimum atomic E-state index is -0.225. The van der Waals surface area contributed by atoms with Gasteiger partial charge in [0, 0.05) is 11.8 Å². The van der Waals surface area contributed by atoms with Gasteiger partial charge in [-0.2, -0.15) is 0 Å². The number of methoxy groups -OCH3 is 1. The number of ether oxygens (including phenoxy) is 1. The van der Waals surface area contributed by atoms with Crippen molar-refractivity contribution in [3.63, 3.8) is 0 Å². The van der Waals surface area contributed by atoms with Gasteiger partial charge in [-0.25, -0.2) is 4.68 Å². The van der Waals surface area contributed by atoms with Crippen molar-refractivity contribution >= 4 is 28.8 Å². The Labute approximate surface area is 180 Å².